The Morgan fingerprint density at radius 2 is 2.59 bits per heavy atom. The Hall–Kier alpha value is -0.910. The molecule has 0 saturated carbocycles. The molecular formula is C12H17N3OS. The molecular weight excluding hydrogens is 234 g/mol. The van der Waals surface area contributed by atoms with Gasteiger partial charge in [-0.15, -0.1) is 11.3 Å². The van der Waals surface area contributed by atoms with Gasteiger partial charge in [0.25, 0.3) is 0 Å². The molecule has 0 aliphatic carbocycles. The van der Waals surface area contributed by atoms with Crippen LogP contribution in [0.15, 0.2) is 11.6 Å². The summed E-state index contributed by atoms with van der Waals surface area (Å²) in [6.45, 7) is 4.70. The lowest BCUT2D eigenvalue weighted by Crippen LogP contribution is -2.36. The van der Waals surface area contributed by atoms with Crippen LogP contribution in [-0.4, -0.2) is 28.6 Å². The SMILES string of the molecule is Cc1nc2sccn2c1CNC1CCCOC1. The van der Waals surface area contributed by atoms with E-state index < -0.39 is 0 Å². The van der Waals surface area contributed by atoms with Crippen molar-refractivity contribution >= 4 is 16.3 Å². The molecule has 4 nitrogen and oxygen atoms in total. The van der Waals surface area contributed by atoms with E-state index in [9.17, 15) is 0 Å². The second kappa shape index (κ2) is 4.76. The molecule has 0 amide bonds. The lowest BCUT2D eigenvalue weighted by molar-refractivity contribution is 0.0698. The smallest absolute Gasteiger partial charge is 0.194 e. The van der Waals surface area contributed by atoms with Crippen LogP contribution in [0.2, 0.25) is 0 Å². The lowest BCUT2D eigenvalue weighted by Gasteiger charge is -2.23. The van der Waals surface area contributed by atoms with Crippen LogP contribution in [0, 0.1) is 6.92 Å². The van der Waals surface area contributed by atoms with Crippen molar-refractivity contribution in [3.63, 3.8) is 0 Å². The first-order valence-corrected chi connectivity index (χ1v) is 6.95. The molecule has 17 heavy (non-hydrogen) atoms. The van der Waals surface area contributed by atoms with Crippen LogP contribution in [0.4, 0.5) is 0 Å². The molecule has 0 aromatic carbocycles. The molecule has 0 bridgehead atoms. The van der Waals surface area contributed by atoms with E-state index in [1.807, 2.05) is 0 Å². The fraction of sp³-hybridized carbons (Fsp3) is 0.583. The first-order chi connectivity index (χ1) is 8.34. The van der Waals surface area contributed by atoms with Gasteiger partial charge in [-0.25, -0.2) is 4.98 Å². The zero-order valence-corrected chi connectivity index (χ0v) is 10.8. The Balaban J connectivity index is 1.71. The number of ether oxygens (including phenoxy) is 1. The number of fused-ring (bicyclic) bond motifs is 1. The van der Waals surface area contributed by atoms with Gasteiger partial charge in [-0.2, -0.15) is 0 Å². The normalized spacial score (nSPS) is 21.1. The summed E-state index contributed by atoms with van der Waals surface area (Å²) in [4.78, 5) is 5.63. The number of aromatic nitrogens is 2. The largest absolute Gasteiger partial charge is 0.380 e. The summed E-state index contributed by atoms with van der Waals surface area (Å²) in [7, 11) is 0. The van der Waals surface area contributed by atoms with Crippen molar-refractivity contribution < 1.29 is 4.74 Å². The van der Waals surface area contributed by atoms with Gasteiger partial charge < -0.3 is 10.1 Å². The van der Waals surface area contributed by atoms with E-state index in [1.165, 1.54) is 12.1 Å². The van der Waals surface area contributed by atoms with Gasteiger partial charge in [-0.05, 0) is 19.8 Å². The Labute approximate surface area is 105 Å². The molecule has 1 N–H and O–H groups in total. The molecule has 1 atom stereocenters. The monoisotopic (exact) mass is 251 g/mol. The Morgan fingerprint density at radius 1 is 1.65 bits per heavy atom. The van der Waals surface area contributed by atoms with Crippen molar-refractivity contribution in [1.82, 2.24) is 14.7 Å². The minimum Gasteiger partial charge on any atom is -0.380 e. The Morgan fingerprint density at radius 3 is 3.41 bits per heavy atom. The van der Waals surface area contributed by atoms with Gasteiger partial charge in [0.05, 0.1) is 18.0 Å². The number of aryl methyl sites for hydroxylation is 1. The second-order valence-electron chi connectivity index (χ2n) is 4.49. The Bertz CT molecular complexity index is 499. The van der Waals surface area contributed by atoms with Crippen molar-refractivity contribution in [3.8, 4) is 0 Å². The number of hydrogen-bond acceptors (Lipinski definition) is 4. The average molecular weight is 251 g/mol. The molecule has 2 aromatic rings. The van der Waals surface area contributed by atoms with Gasteiger partial charge in [0.1, 0.15) is 0 Å². The maximum atomic E-state index is 5.47. The standard InChI is InChI=1S/C12H17N3OS/c1-9-11(15-4-6-17-12(15)14-9)7-13-10-3-2-5-16-8-10/h4,6,10,13H,2-3,5,7-8H2,1H3. The number of hydrogen-bond donors (Lipinski definition) is 1. The predicted octanol–water partition coefficient (Wildman–Crippen LogP) is 1.97. The number of rotatable bonds is 3. The van der Waals surface area contributed by atoms with Gasteiger partial charge in [0, 0.05) is 30.8 Å². The molecule has 1 aliphatic heterocycles. The molecule has 1 fully saturated rings. The highest BCUT2D eigenvalue weighted by molar-refractivity contribution is 7.15. The predicted molar refractivity (Wildman–Crippen MR) is 68.5 cm³/mol. The minimum absolute atomic E-state index is 0.493. The molecule has 1 saturated heterocycles. The maximum absolute atomic E-state index is 5.47. The van der Waals surface area contributed by atoms with E-state index in [0.29, 0.717) is 6.04 Å². The molecule has 0 radical (unpaired) electrons. The van der Waals surface area contributed by atoms with Crippen molar-refractivity contribution in [2.75, 3.05) is 13.2 Å². The van der Waals surface area contributed by atoms with E-state index in [1.54, 1.807) is 11.3 Å². The summed E-state index contributed by atoms with van der Waals surface area (Å²) in [5.41, 5.74) is 2.40. The molecule has 0 spiro atoms. The molecule has 3 heterocycles. The van der Waals surface area contributed by atoms with Gasteiger partial charge in [0.2, 0.25) is 0 Å². The molecule has 1 aliphatic rings. The fourth-order valence-corrected chi connectivity index (χ4v) is 3.07. The molecule has 3 rings (SSSR count). The van der Waals surface area contributed by atoms with Crippen molar-refractivity contribution in [1.29, 1.82) is 0 Å². The van der Waals surface area contributed by atoms with E-state index in [2.05, 4.69) is 33.2 Å². The molecule has 1 unspecified atom stereocenters. The maximum Gasteiger partial charge on any atom is 0.194 e. The summed E-state index contributed by atoms with van der Waals surface area (Å²) < 4.78 is 7.65. The van der Waals surface area contributed by atoms with Crippen LogP contribution in [0.3, 0.4) is 0 Å². The van der Waals surface area contributed by atoms with Gasteiger partial charge in [0.15, 0.2) is 4.96 Å². The summed E-state index contributed by atoms with van der Waals surface area (Å²) in [6, 6.07) is 0.493. The first-order valence-electron chi connectivity index (χ1n) is 6.07. The van der Waals surface area contributed by atoms with Crippen LogP contribution in [0.1, 0.15) is 24.2 Å². The van der Waals surface area contributed by atoms with E-state index in [0.717, 1.165) is 36.8 Å². The molecule has 92 valence electrons. The second-order valence-corrected chi connectivity index (χ2v) is 5.37. The van der Waals surface area contributed by atoms with Crippen molar-refractivity contribution in [2.45, 2.75) is 32.4 Å². The minimum atomic E-state index is 0.493. The van der Waals surface area contributed by atoms with Crippen molar-refractivity contribution in [3.05, 3.63) is 23.0 Å². The highest BCUT2D eigenvalue weighted by Crippen LogP contribution is 2.17. The topological polar surface area (TPSA) is 38.6 Å². The highest BCUT2D eigenvalue weighted by Gasteiger charge is 2.15. The number of imidazole rings is 1. The first kappa shape index (κ1) is 11.2. The van der Waals surface area contributed by atoms with Crippen molar-refractivity contribution in [2.24, 2.45) is 0 Å². The van der Waals surface area contributed by atoms with Gasteiger partial charge in [-0.1, -0.05) is 0 Å². The van der Waals surface area contributed by atoms with Crippen LogP contribution in [-0.2, 0) is 11.3 Å². The zero-order chi connectivity index (χ0) is 11.7. The van der Waals surface area contributed by atoms with E-state index in [-0.39, 0.29) is 0 Å². The highest BCUT2D eigenvalue weighted by atomic mass is 32.1. The number of nitrogens with zero attached hydrogens (tertiary/aromatic N) is 2. The van der Waals surface area contributed by atoms with Crippen LogP contribution >= 0.6 is 11.3 Å². The third-order valence-electron chi connectivity index (χ3n) is 3.28. The quantitative estimate of drug-likeness (QED) is 0.906. The number of nitrogens with one attached hydrogen (secondary N) is 1. The summed E-state index contributed by atoms with van der Waals surface area (Å²) in [6.07, 6.45) is 4.47. The van der Waals surface area contributed by atoms with Crippen LogP contribution in [0.5, 0.6) is 0 Å². The summed E-state index contributed by atoms with van der Waals surface area (Å²) in [5, 5.41) is 5.64. The fourth-order valence-electron chi connectivity index (χ4n) is 2.30. The average Bonchev–Trinajstić information content (AvgIpc) is 2.89. The van der Waals surface area contributed by atoms with E-state index in [4.69, 9.17) is 4.74 Å². The number of thiazole rings is 1. The third kappa shape index (κ3) is 2.22. The lowest BCUT2D eigenvalue weighted by atomic mass is 10.1. The Kier molecular flexibility index (Phi) is 3.13. The third-order valence-corrected chi connectivity index (χ3v) is 4.04. The molecule has 5 heteroatoms. The van der Waals surface area contributed by atoms with Gasteiger partial charge >= 0.3 is 0 Å². The molecule has 2 aromatic heterocycles. The van der Waals surface area contributed by atoms with Crippen LogP contribution in [0.25, 0.3) is 4.96 Å². The summed E-state index contributed by atoms with van der Waals surface area (Å²) in [5.74, 6) is 0. The van der Waals surface area contributed by atoms with Crippen LogP contribution < -0.4 is 5.32 Å². The van der Waals surface area contributed by atoms with E-state index >= 15 is 0 Å². The summed E-state index contributed by atoms with van der Waals surface area (Å²) >= 11 is 1.68. The van der Waals surface area contributed by atoms with Gasteiger partial charge in [-0.3, -0.25) is 4.40 Å². The zero-order valence-electron chi connectivity index (χ0n) is 9.98.